The van der Waals surface area contributed by atoms with Gasteiger partial charge in [0.15, 0.2) is 5.78 Å². The molecule has 0 bridgehead atoms. The van der Waals surface area contributed by atoms with Gasteiger partial charge in [-0.3, -0.25) is 4.79 Å². The molecule has 0 spiro atoms. The number of rotatable bonds is 3. The van der Waals surface area contributed by atoms with Crippen molar-refractivity contribution >= 4 is 43.1 Å². The molecular formula is C16H11BrO2S. The highest BCUT2D eigenvalue weighted by molar-refractivity contribution is 9.10. The molecule has 1 heterocycles. The van der Waals surface area contributed by atoms with Crippen LogP contribution in [0.2, 0.25) is 0 Å². The first kappa shape index (κ1) is 13.3. The van der Waals surface area contributed by atoms with E-state index in [1.54, 1.807) is 30.6 Å². The number of carbonyl (C=O) groups is 1. The summed E-state index contributed by atoms with van der Waals surface area (Å²) >= 11 is 5.09. The molecule has 0 atom stereocenters. The Kier molecular flexibility index (Phi) is 3.59. The summed E-state index contributed by atoms with van der Waals surface area (Å²) in [5, 5.41) is 2.88. The van der Waals surface area contributed by atoms with Crippen LogP contribution in [0.15, 0.2) is 52.3 Å². The largest absolute Gasteiger partial charge is 0.496 e. The number of ketones is 1. The number of carbonyl (C=O) groups excluding carboxylic acids is 1. The van der Waals surface area contributed by atoms with Gasteiger partial charge in [-0.2, -0.15) is 0 Å². The molecule has 20 heavy (non-hydrogen) atoms. The van der Waals surface area contributed by atoms with Gasteiger partial charge in [0, 0.05) is 25.5 Å². The molecule has 1 aromatic heterocycles. The SMILES string of the molecule is COc1ccccc1C(=O)c1csc2c(Br)cccc12. The maximum atomic E-state index is 12.7. The Morgan fingerprint density at radius 1 is 1.10 bits per heavy atom. The summed E-state index contributed by atoms with van der Waals surface area (Å²) in [5.74, 6) is 0.596. The zero-order valence-electron chi connectivity index (χ0n) is 10.7. The van der Waals surface area contributed by atoms with Gasteiger partial charge in [-0.05, 0) is 34.1 Å². The molecule has 0 radical (unpaired) electrons. The van der Waals surface area contributed by atoms with Crippen LogP contribution in [0.1, 0.15) is 15.9 Å². The third-order valence-corrected chi connectivity index (χ3v) is 5.10. The molecule has 100 valence electrons. The minimum Gasteiger partial charge on any atom is -0.496 e. The molecule has 0 amide bonds. The number of fused-ring (bicyclic) bond motifs is 1. The number of hydrogen-bond acceptors (Lipinski definition) is 3. The lowest BCUT2D eigenvalue weighted by Gasteiger charge is -2.06. The van der Waals surface area contributed by atoms with Crippen LogP contribution in [0.25, 0.3) is 10.1 Å². The van der Waals surface area contributed by atoms with Gasteiger partial charge in [0.25, 0.3) is 0 Å². The van der Waals surface area contributed by atoms with Gasteiger partial charge in [-0.15, -0.1) is 11.3 Å². The van der Waals surface area contributed by atoms with Crippen molar-refractivity contribution < 1.29 is 9.53 Å². The van der Waals surface area contributed by atoms with Crippen molar-refractivity contribution in [3.8, 4) is 5.75 Å². The maximum Gasteiger partial charge on any atom is 0.198 e. The lowest BCUT2D eigenvalue weighted by molar-refractivity contribution is 0.103. The molecule has 0 saturated carbocycles. The summed E-state index contributed by atoms with van der Waals surface area (Å²) in [7, 11) is 1.58. The minimum atomic E-state index is -0.00759. The highest BCUT2D eigenvalue weighted by Gasteiger charge is 2.18. The van der Waals surface area contributed by atoms with Crippen molar-refractivity contribution in [2.24, 2.45) is 0 Å². The van der Waals surface area contributed by atoms with Crippen LogP contribution < -0.4 is 4.74 Å². The molecule has 0 saturated heterocycles. The van der Waals surface area contributed by atoms with Crippen molar-refractivity contribution in [1.29, 1.82) is 0 Å². The zero-order chi connectivity index (χ0) is 14.1. The third kappa shape index (κ3) is 2.15. The van der Waals surface area contributed by atoms with E-state index >= 15 is 0 Å². The van der Waals surface area contributed by atoms with Gasteiger partial charge in [0.1, 0.15) is 5.75 Å². The van der Waals surface area contributed by atoms with Crippen molar-refractivity contribution in [1.82, 2.24) is 0 Å². The smallest absolute Gasteiger partial charge is 0.198 e. The summed E-state index contributed by atoms with van der Waals surface area (Å²) in [6.45, 7) is 0. The summed E-state index contributed by atoms with van der Waals surface area (Å²) in [6, 6.07) is 13.2. The van der Waals surface area contributed by atoms with Crippen LogP contribution in [0.5, 0.6) is 5.75 Å². The number of thiophene rings is 1. The third-order valence-electron chi connectivity index (χ3n) is 3.15. The monoisotopic (exact) mass is 346 g/mol. The number of methoxy groups -OCH3 is 1. The average Bonchev–Trinajstić information content (AvgIpc) is 2.92. The molecule has 3 aromatic rings. The molecular weight excluding hydrogens is 336 g/mol. The highest BCUT2D eigenvalue weighted by atomic mass is 79.9. The molecule has 2 nitrogen and oxygen atoms in total. The molecule has 2 aromatic carbocycles. The van der Waals surface area contributed by atoms with Crippen molar-refractivity contribution in [3.63, 3.8) is 0 Å². The predicted molar refractivity (Wildman–Crippen MR) is 86.0 cm³/mol. The van der Waals surface area contributed by atoms with Gasteiger partial charge < -0.3 is 4.74 Å². The van der Waals surface area contributed by atoms with E-state index in [0.717, 1.165) is 20.1 Å². The zero-order valence-corrected chi connectivity index (χ0v) is 13.1. The molecule has 0 N–H and O–H groups in total. The van der Waals surface area contributed by atoms with E-state index in [-0.39, 0.29) is 5.78 Å². The number of halogens is 1. The summed E-state index contributed by atoms with van der Waals surface area (Å²) in [5.41, 5.74) is 1.31. The normalized spacial score (nSPS) is 10.7. The Hall–Kier alpha value is -1.65. The Labute approximate surface area is 129 Å². The summed E-state index contributed by atoms with van der Waals surface area (Å²) in [4.78, 5) is 12.7. The molecule has 0 aliphatic carbocycles. The number of ether oxygens (including phenoxy) is 1. The maximum absolute atomic E-state index is 12.7. The Morgan fingerprint density at radius 2 is 1.90 bits per heavy atom. The number of hydrogen-bond donors (Lipinski definition) is 0. The van der Waals surface area contributed by atoms with Gasteiger partial charge in [-0.25, -0.2) is 0 Å². The standard InChI is InChI=1S/C16H11BrO2S/c1-19-14-8-3-2-5-11(14)15(18)12-9-20-16-10(12)6-4-7-13(16)17/h2-9H,1H3. The van der Waals surface area contributed by atoms with E-state index in [1.165, 1.54) is 0 Å². The second-order valence-electron chi connectivity index (χ2n) is 4.30. The van der Waals surface area contributed by atoms with E-state index in [9.17, 15) is 4.79 Å². The molecule has 0 fully saturated rings. The van der Waals surface area contributed by atoms with E-state index < -0.39 is 0 Å². The molecule has 3 rings (SSSR count). The number of para-hydroxylation sites is 1. The second kappa shape index (κ2) is 5.38. The average molecular weight is 347 g/mol. The Balaban J connectivity index is 2.16. The van der Waals surface area contributed by atoms with Crippen LogP contribution >= 0.6 is 27.3 Å². The fourth-order valence-electron chi connectivity index (χ4n) is 2.18. The van der Waals surface area contributed by atoms with Crippen molar-refractivity contribution in [2.45, 2.75) is 0 Å². The topological polar surface area (TPSA) is 26.3 Å². The summed E-state index contributed by atoms with van der Waals surface area (Å²) in [6.07, 6.45) is 0. The lowest BCUT2D eigenvalue weighted by Crippen LogP contribution is -2.02. The summed E-state index contributed by atoms with van der Waals surface area (Å²) < 4.78 is 7.38. The van der Waals surface area contributed by atoms with E-state index in [0.29, 0.717) is 11.3 Å². The lowest BCUT2D eigenvalue weighted by atomic mass is 10.0. The molecule has 0 aliphatic rings. The Bertz CT molecular complexity index is 792. The molecule has 4 heteroatoms. The number of benzene rings is 2. The predicted octanol–water partition coefficient (Wildman–Crippen LogP) is 4.90. The van der Waals surface area contributed by atoms with Crippen LogP contribution in [-0.4, -0.2) is 12.9 Å². The van der Waals surface area contributed by atoms with Crippen LogP contribution in [0, 0.1) is 0 Å². The van der Waals surface area contributed by atoms with Gasteiger partial charge in [0.05, 0.1) is 12.7 Å². The molecule has 0 aliphatic heterocycles. The van der Waals surface area contributed by atoms with Crippen LogP contribution in [0.4, 0.5) is 0 Å². The van der Waals surface area contributed by atoms with Crippen molar-refractivity contribution in [3.05, 3.63) is 63.4 Å². The first-order valence-corrected chi connectivity index (χ1v) is 7.73. The van der Waals surface area contributed by atoms with E-state index in [1.807, 2.05) is 35.7 Å². The first-order valence-electron chi connectivity index (χ1n) is 6.06. The molecule has 0 unspecified atom stereocenters. The van der Waals surface area contributed by atoms with Crippen molar-refractivity contribution in [2.75, 3.05) is 7.11 Å². The fraction of sp³-hybridized carbons (Fsp3) is 0.0625. The van der Waals surface area contributed by atoms with Crippen LogP contribution in [0.3, 0.4) is 0 Å². The quantitative estimate of drug-likeness (QED) is 0.630. The van der Waals surface area contributed by atoms with Gasteiger partial charge in [-0.1, -0.05) is 24.3 Å². The van der Waals surface area contributed by atoms with E-state index in [2.05, 4.69) is 15.9 Å². The second-order valence-corrected chi connectivity index (χ2v) is 6.03. The Morgan fingerprint density at radius 3 is 2.70 bits per heavy atom. The van der Waals surface area contributed by atoms with Gasteiger partial charge in [0.2, 0.25) is 0 Å². The first-order chi connectivity index (χ1) is 9.72. The van der Waals surface area contributed by atoms with E-state index in [4.69, 9.17) is 4.74 Å². The fourth-order valence-corrected chi connectivity index (χ4v) is 3.78. The van der Waals surface area contributed by atoms with Gasteiger partial charge >= 0.3 is 0 Å². The minimum absolute atomic E-state index is 0.00759. The highest BCUT2D eigenvalue weighted by Crippen LogP contribution is 2.34. The van der Waals surface area contributed by atoms with Crippen LogP contribution in [-0.2, 0) is 0 Å².